The van der Waals surface area contributed by atoms with Crippen molar-refractivity contribution in [2.45, 2.75) is 13.0 Å². The molecule has 8 nitrogen and oxygen atoms in total. The topological polar surface area (TPSA) is 104 Å². The van der Waals surface area contributed by atoms with Gasteiger partial charge in [-0.3, -0.25) is 19.5 Å². The van der Waals surface area contributed by atoms with Crippen molar-refractivity contribution in [1.29, 1.82) is 0 Å². The minimum absolute atomic E-state index is 0.0619. The SMILES string of the molecule is COC(=O)C1=C(C)N=c2sc(=Cc3cccc([N+](=O)[O-])c3)c(=O)n2C1c1ccccc1F. The summed E-state index contributed by atoms with van der Waals surface area (Å²) in [6.45, 7) is 1.59. The number of aromatic nitrogens is 1. The van der Waals surface area contributed by atoms with Crippen LogP contribution < -0.4 is 14.9 Å². The van der Waals surface area contributed by atoms with Gasteiger partial charge in [0.2, 0.25) is 0 Å². The van der Waals surface area contributed by atoms with Crippen molar-refractivity contribution in [1.82, 2.24) is 4.57 Å². The molecule has 0 bridgehead atoms. The van der Waals surface area contributed by atoms with Gasteiger partial charge in [0.25, 0.3) is 11.2 Å². The van der Waals surface area contributed by atoms with Gasteiger partial charge in [-0.15, -0.1) is 0 Å². The van der Waals surface area contributed by atoms with Crippen LogP contribution >= 0.6 is 11.3 Å². The van der Waals surface area contributed by atoms with Gasteiger partial charge in [-0.25, -0.2) is 14.2 Å². The van der Waals surface area contributed by atoms with Gasteiger partial charge in [0.1, 0.15) is 11.9 Å². The van der Waals surface area contributed by atoms with Crippen molar-refractivity contribution >= 4 is 29.1 Å². The van der Waals surface area contributed by atoms with Crippen LogP contribution in [0.5, 0.6) is 0 Å². The maximum absolute atomic E-state index is 14.8. The Kier molecular flexibility index (Phi) is 5.54. The van der Waals surface area contributed by atoms with Crippen LogP contribution in [0.4, 0.5) is 10.1 Å². The lowest BCUT2D eigenvalue weighted by Gasteiger charge is -2.24. The summed E-state index contributed by atoms with van der Waals surface area (Å²) in [7, 11) is 1.20. The van der Waals surface area contributed by atoms with Crippen LogP contribution in [0.3, 0.4) is 0 Å². The molecular weight excluding hydrogens is 437 g/mol. The van der Waals surface area contributed by atoms with Gasteiger partial charge >= 0.3 is 5.97 Å². The fraction of sp³-hybridized carbons (Fsp3) is 0.136. The molecule has 2 aromatic carbocycles. The summed E-state index contributed by atoms with van der Waals surface area (Å²) in [5.74, 6) is -1.30. The molecule has 0 amide bonds. The number of fused-ring (bicyclic) bond motifs is 1. The number of nitro benzene ring substituents is 1. The Morgan fingerprint density at radius 2 is 2.03 bits per heavy atom. The van der Waals surface area contributed by atoms with Gasteiger partial charge in [0.05, 0.1) is 27.8 Å². The van der Waals surface area contributed by atoms with Gasteiger partial charge in [-0.1, -0.05) is 41.7 Å². The van der Waals surface area contributed by atoms with Crippen LogP contribution in [-0.2, 0) is 9.53 Å². The number of carbonyl (C=O) groups excluding carboxylic acids is 1. The third kappa shape index (κ3) is 3.65. The molecule has 3 aromatic rings. The number of allylic oxidation sites excluding steroid dienone is 1. The molecule has 32 heavy (non-hydrogen) atoms. The molecule has 1 aromatic heterocycles. The number of hydrogen-bond acceptors (Lipinski definition) is 7. The van der Waals surface area contributed by atoms with Gasteiger partial charge < -0.3 is 4.74 Å². The Hall–Kier alpha value is -3.92. The van der Waals surface area contributed by atoms with E-state index in [1.165, 1.54) is 54.2 Å². The third-order valence-corrected chi connectivity index (χ3v) is 5.99. The number of halogens is 1. The normalized spacial score (nSPS) is 15.8. The number of thiazole rings is 1. The number of rotatable bonds is 4. The van der Waals surface area contributed by atoms with Crippen molar-refractivity contribution < 1.29 is 18.8 Å². The average molecular weight is 453 g/mol. The minimum atomic E-state index is -1.06. The number of esters is 1. The lowest BCUT2D eigenvalue weighted by Crippen LogP contribution is -2.40. The first-order valence-electron chi connectivity index (χ1n) is 9.41. The van der Waals surface area contributed by atoms with Gasteiger partial charge in [-0.2, -0.15) is 0 Å². The molecule has 1 aliphatic heterocycles. The zero-order valence-electron chi connectivity index (χ0n) is 16.9. The van der Waals surface area contributed by atoms with Crippen molar-refractivity contribution in [2.75, 3.05) is 7.11 Å². The van der Waals surface area contributed by atoms with Gasteiger partial charge in [0.15, 0.2) is 4.80 Å². The first-order valence-corrected chi connectivity index (χ1v) is 10.2. The molecule has 10 heteroatoms. The molecule has 0 spiro atoms. The molecule has 1 unspecified atom stereocenters. The molecular formula is C22H16FN3O5S. The van der Waals surface area contributed by atoms with Crippen molar-refractivity contribution in [3.05, 3.63) is 107 Å². The molecule has 1 atom stereocenters. The molecule has 0 radical (unpaired) electrons. The predicted molar refractivity (Wildman–Crippen MR) is 115 cm³/mol. The molecule has 0 saturated carbocycles. The van der Waals surface area contributed by atoms with Gasteiger partial charge in [-0.05, 0) is 24.6 Å². The second-order valence-electron chi connectivity index (χ2n) is 6.95. The molecule has 0 aliphatic carbocycles. The van der Waals surface area contributed by atoms with E-state index in [4.69, 9.17) is 4.74 Å². The number of hydrogen-bond donors (Lipinski definition) is 0. The monoisotopic (exact) mass is 453 g/mol. The molecule has 4 rings (SSSR count). The van der Waals surface area contributed by atoms with Crippen LogP contribution in [0.25, 0.3) is 6.08 Å². The second kappa shape index (κ2) is 8.31. The minimum Gasteiger partial charge on any atom is -0.466 e. The number of nitrogens with zero attached hydrogens (tertiary/aromatic N) is 3. The Balaban J connectivity index is 1.98. The Morgan fingerprint density at radius 1 is 1.28 bits per heavy atom. The second-order valence-corrected chi connectivity index (χ2v) is 7.96. The lowest BCUT2D eigenvalue weighted by atomic mass is 9.95. The molecule has 1 aliphatic rings. The fourth-order valence-corrected chi connectivity index (χ4v) is 4.61. The third-order valence-electron chi connectivity index (χ3n) is 5.01. The zero-order valence-corrected chi connectivity index (χ0v) is 17.8. The first kappa shape index (κ1) is 21.3. The average Bonchev–Trinajstić information content (AvgIpc) is 3.07. The largest absolute Gasteiger partial charge is 0.466 e. The highest BCUT2D eigenvalue weighted by Gasteiger charge is 2.34. The maximum Gasteiger partial charge on any atom is 0.338 e. The Morgan fingerprint density at radius 3 is 2.72 bits per heavy atom. The molecule has 2 heterocycles. The van der Waals surface area contributed by atoms with Crippen molar-refractivity contribution in [3.8, 4) is 0 Å². The molecule has 0 fully saturated rings. The Labute approximate surface area is 184 Å². The lowest BCUT2D eigenvalue weighted by molar-refractivity contribution is -0.384. The highest BCUT2D eigenvalue weighted by Crippen LogP contribution is 2.31. The molecule has 162 valence electrons. The predicted octanol–water partition coefficient (Wildman–Crippen LogP) is 2.46. The van der Waals surface area contributed by atoms with E-state index in [0.717, 1.165) is 11.3 Å². The van der Waals surface area contributed by atoms with E-state index in [1.807, 2.05) is 0 Å². The van der Waals surface area contributed by atoms with Gasteiger partial charge in [0, 0.05) is 17.7 Å². The number of benzene rings is 2. The van der Waals surface area contributed by atoms with E-state index in [9.17, 15) is 24.1 Å². The van der Waals surface area contributed by atoms with Crippen LogP contribution in [0.1, 0.15) is 24.1 Å². The summed E-state index contributed by atoms with van der Waals surface area (Å²) in [6.07, 6.45) is 1.51. The van der Waals surface area contributed by atoms with Crippen molar-refractivity contribution in [2.24, 2.45) is 4.99 Å². The highest BCUT2D eigenvalue weighted by molar-refractivity contribution is 7.07. The highest BCUT2D eigenvalue weighted by atomic mass is 32.1. The number of methoxy groups -OCH3 is 1. The van der Waals surface area contributed by atoms with Crippen LogP contribution in [0, 0.1) is 15.9 Å². The van der Waals surface area contributed by atoms with Crippen LogP contribution in [-0.4, -0.2) is 22.6 Å². The molecule has 0 N–H and O–H groups in total. The quantitative estimate of drug-likeness (QED) is 0.343. The van der Waals surface area contributed by atoms with Crippen LogP contribution in [0.15, 0.2) is 69.6 Å². The van der Waals surface area contributed by atoms with E-state index < -0.39 is 28.3 Å². The Bertz CT molecular complexity index is 1470. The fourth-order valence-electron chi connectivity index (χ4n) is 3.56. The van der Waals surface area contributed by atoms with Crippen molar-refractivity contribution in [3.63, 3.8) is 0 Å². The van der Waals surface area contributed by atoms with E-state index in [2.05, 4.69) is 4.99 Å². The number of non-ortho nitro benzene ring substituents is 1. The van der Waals surface area contributed by atoms with Crippen LogP contribution in [0.2, 0.25) is 0 Å². The van der Waals surface area contributed by atoms with E-state index in [-0.39, 0.29) is 26.2 Å². The standard InChI is InChI=1S/C22H16FN3O5S/c1-12-18(21(28)31-2)19(15-8-3-4-9-16(15)23)25-20(27)17(32-22(25)24-12)11-13-6-5-7-14(10-13)26(29)30/h3-11,19H,1-2H3. The first-order chi connectivity index (χ1) is 15.3. The smallest absolute Gasteiger partial charge is 0.338 e. The zero-order chi connectivity index (χ0) is 23.0. The summed E-state index contributed by atoms with van der Waals surface area (Å²) in [5.41, 5.74) is 0.350. The summed E-state index contributed by atoms with van der Waals surface area (Å²) < 4.78 is 21.1. The van der Waals surface area contributed by atoms with E-state index >= 15 is 0 Å². The number of nitro groups is 1. The summed E-state index contributed by atoms with van der Waals surface area (Å²) in [4.78, 5) is 41.1. The number of ether oxygens (including phenoxy) is 1. The summed E-state index contributed by atoms with van der Waals surface area (Å²) in [5, 5.41) is 11.1. The van der Waals surface area contributed by atoms with E-state index in [0.29, 0.717) is 11.3 Å². The summed E-state index contributed by atoms with van der Waals surface area (Å²) >= 11 is 1.05. The van der Waals surface area contributed by atoms with E-state index in [1.54, 1.807) is 19.1 Å². The number of carbonyl (C=O) groups is 1. The summed E-state index contributed by atoms with van der Waals surface area (Å²) in [6, 6.07) is 10.7. The maximum atomic E-state index is 14.8. The molecule has 0 saturated heterocycles.